The minimum Gasteiger partial charge on any atom is -0.330 e. The van der Waals surface area contributed by atoms with Gasteiger partial charge in [-0.1, -0.05) is 12.1 Å². The fourth-order valence-corrected chi connectivity index (χ4v) is 2.90. The molecule has 2 aromatic rings. The number of aryl methyl sites for hydroxylation is 2. The molecule has 1 aromatic heterocycles. The number of nitrogens with two attached hydrogens (primary N) is 1. The van der Waals surface area contributed by atoms with Crippen molar-refractivity contribution in [2.45, 2.75) is 25.2 Å². The monoisotopic (exact) mass is 306 g/mol. The van der Waals surface area contributed by atoms with Crippen LogP contribution < -0.4 is 10.5 Å². The Kier molecular flexibility index (Phi) is 4.54. The molecule has 0 saturated heterocycles. The number of nitrogens with zero attached hydrogens (tertiary/aromatic N) is 2. The van der Waals surface area contributed by atoms with Gasteiger partial charge in [-0.15, -0.1) is 0 Å². The van der Waals surface area contributed by atoms with Crippen LogP contribution in [0.15, 0.2) is 35.2 Å². The second-order valence-corrected chi connectivity index (χ2v) is 6.44. The summed E-state index contributed by atoms with van der Waals surface area (Å²) in [6.07, 6.45) is 0.716. The highest BCUT2D eigenvalue weighted by Crippen LogP contribution is 2.15. The molecule has 112 valence electrons. The van der Waals surface area contributed by atoms with Crippen LogP contribution in [-0.4, -0.2) is 24.9 Å². The Morgan fingerprint density at radius 1 is 1.10 bits per heavy atom. The molecular formula is C14H18N4O2S. The van der Waals surface area contributed by atoms with Gasteiger partial charge in [0.15, 0.2) is 0 Å². The minimum absolute atomic E-state index is 0.0820. The van der Waals surface area contributed by atoms with Gasteiger partial charge >= 0.3 is 0 Å². The van der Waals surface area contributed by atoms with Crippen LogP contribution in [0.25, 0.3) is 0 Å². The second kappa shape index (κ2) is 6.19. The van der Waals surface area contributed by atoms with Gasteiger partial charge in [-0.3, -0.25) is 0 Å². The molecule has 0 spiro atoms. The maximum absolute atomic E-state index is 12.3. The first kappa shape index (κ1) is 15.4. The molecular weight excluding hydrogens is 288 g/mol. The van der Waals surface area contributed by atoms with Gasteiger partial charge in [0.25, 0.3) is 10.0 Å². The minimum atomic E-state index is -3.68. The number of hydrogen-bond acceptors (Lipinski definition) is 5. The van der Waals surface area contributed by atoms with E-state index in [1.54, 1.807) is 44.2 Å². The van der Waals surface area contributed by atoms with Crippen LogP contribution in [0, 0.1) is 13.8 Å². The fraction of sp³-hybridized carbons (Fsp3) is 0.286. The standard InChI is InChI=1S/C14H18N4O2S/c1-10-9-11(2)17-14(16-10)18-21(19,20)13-5-3-12(4-6-13)7-8-15/h3-6,9H,7-8,15H2,1-2H3,(H,16,17,18). The van der Waals surface area contributed by atoms with Crippen LogP contribution in [0.3, 0.4) is 0 Å². The molecule has 0 aliphatic rings. The Hall–Kier alpha value is -1.99. The topological polar surface area (TPSA) is 98.0 Å². The van der Waals surface area contributed by atoms with E-state index in [4.69, 9.17) is 5.73 Å². The van der Waals surface area contributed by atoms with Crippen molar-refractivity contribution in [1.82, 2.24) is 9.97 Å². The number of nitrogens with one attached hydrogen (secondary N) is 1. The largest absolute Gasteiger partial charge is 0.330 e. The first-order chi connectivity index (χ1) is 9.90. The molecule has 2 rings (SSSR count). The van der Waals surface area contributed by atoms with Crippen LogP contribution in [0.2, 0.25) is 0 Å². The summed E-state index contributed by atoms with van der Waals surface area (Å²) in [7, 11) is -3.68. The van der Waals surface area contributed by atoms with Gasteiger partial charge in [-0.25, -0.2) is 23.1 Å². The van der Waals surface area contributed by atoms with E-state index in [2.05, 4.69) is 14.7 Å². The summed E-state index contributed by atoms with van der Waals surface area (Å²) in [6, 6.07) is 8.39. The highest BCUT2D eigenvalue weighted by atomic mass is 32.2. The van der Waals surface area contributed by atoms with Crippen molar-refractivity contribution in [3.05, 3.63) is 47.3 Å². The highest BCUT2D eigenvalue weighted by Gasteiger charge is 2.15. The smallest absolute Gasteiger partial charge is 0.264 e. The Labute approximate surface area is 124 Å². The number of aromatic nitrogens is 2. The van der Waals surface area contributed by atoms with Crippen LogP contribution in [0.4, 0.5) is 5.95 Å². The van der Waals surface area contributed by atoms with Crippen molar-refractivity contribution in [3.63, 3.8) is 0 Å². The van der Waals surface area contributed by atoms with E-state index in [1.165, 1.54) is 0 Å². The second-order valence-electron chi connectivity index (χ2n) is 4.76. The molecule has 1 heterocycles. The first-order valence-corrected chi connectivity index (χ1v) is 8.03. The van der Waals surface area contributed by atoms with E-state index in [1.807, 2.05) is 0 Å². The van der Waals surface area contributed by atoms with Crippen molar-refractivity contribution in [1.29, 1.82) is 0 Å². The maximum atomic E-state index is 12.3. The average Bonchev–Trinajstić information content (AvgIpc) is 2.38. The lowest BCUT2D eigenvalue weighted by Crippen LogP contribution is -2.15. The van der Waals surface area contributed by atoms with E-state index in [0.717, 1.165) is 5.56 Å². The number of benzene rings is 1. The molecule has 7 heteroatoms. The quantitative estimate of drug-likeness (QED) is 0.870. The van der Waals surface area contributed by atoms with Crippen LogP contribution in [0.5, 0.6) is 0 Å². The molecule has 0 aliphatic heterocycles. The summed E-state index contributed by atoms with van der Waals surface area (Å²) >= 11 is 0. The molecule has 0 unspecified atom stereocenters. The number of rotatable bonds is 5. The normalized spacial score (nSPS) is 11.4. The summed E-state index contributed by atoms with van der Waals surface area (Å²) in [5.41, 5.74) is 7.88. The molecule has 0 bridgehead atoms. The van der Waals surface area contributed by atoms with Crippen molar-refractivity contribution < 1.29 is 8.42 Å². The Morgan fingerprint density at radius 2 is 1.67 bits per heavy atom. The van der Waals surface area contributed by atoms with Crippen molar-refractivity contribution >= 4 is 16.0 Å². The molecule has 1 aromatic carbocycles. The summed E-state index contributed by atoms with van der Waals surface area (Å²) < 4.78 is 26.9. The lowest BCUT2D eigenvalue weighted by molar-refractivity contribution is 0.600. The number of anilines is 1. The third-order valence-electron chi connectivity index (χ3n) is 2.87. The molecule has 6 nitrogen and oxygen atoms in total. The predicted octanol–water partition coefficient (Wildman–Crippen LogP) is 1.40. The van der Waals surface area contributed by atoms with Gasteiger partial charge < -0.3 is 5.73 Å². The van der Waals surface area contributed by atoms with E-state index < -0.39 is 10.0 Å². The summed E-state index contributed by atoms with van der Waals surface area (Å²) in [5, 5.41) is 0. The molecule has 21 heavy (non-hydrogen) atoms. The van der Waals surface area contributed by atoms with Crippen LogP contribution >= 0.6 is 0 Å². The first-order valence-electron chi connectivity index (χ1n) is 6.55. The highest BCUT2D eigenvalue weighted by molar-refractivity contribution is 7.92. The van der Waals surface area contributed by atoms with E-state index in [9.17, 15) is 8.42 Å². The maximum Gasteiger partial charge on any atom is 0.264 e. The molecule has 0 saturated carbocycles. The van der Waals surface area contributed by atoms with Crippen LogP contribution in [0.1, 0.15) is 17.0 Å². The third-order valence-corrected chi connectivity index (χ3v) is 4.22. The zero-order chi connectivity index (χ0) is 15.5. The molecule has 0 amide bonds. The molecule has 3 N–H and O–H groups in total. The lowest BCUT2D eigenvalue weighted by Gasteiger charge is -2.08. The molecule has 0 fully saturated rings. The van der Waals surface area contributed by atoms with Gasteiger partial charge in [-0.2, -0.15) is 0 Å². The summed E-state index contributed by atoms with van der Waals surface area (Å²) in [6.45, 7) is 4.10. The summed E-state index contributed by atoms with van der Waals surface area (Å²) in [4.78, 5) is 8.32. The Balaban J connectivity index is 2.25. The van der Waals surface area contributed by atoms with Gasteiger partial charge in [0.1, 0.15) is 0 Å². The molecule has 0 aliphatic carbocycles. The zero-order valence-corrected chi connectivity index (χ0v) is 12.8. The Morgan fingerprint density at radius 3 is 2.19 bits per heavy atom. The van der Waals surface area contributed by atoms with Gasteiger partial charge in [0.05, 0.1) is 4.90 Å². The number of hydrogen-bond donors (Lipinski definition) is 2. The van der Waals surface area contributed by atoms with Crippen molar-refractivity contribution in [3.8, 4) is 0 Å². The zero-order valence-electron chi connectivity index (χ0n) is 12.0. The molecule has 0 atom stereocenters. The fourth-order valence-electron chi connectivity index (χ4n) is 1.95. The van der Waals surface area contributed by atoms with Crippen molar-refractivity contribution in [2.75, 3.05) is 11.3 Å². The predicted molar refractivity (Wildman–Crippen MR) is 81.5 cm³/mol. The van der Waals surface area contributed by atoms with Gasteiger partial charge in [0.2, 0.25) is 5.95 Å². The summed E-state index contributed by atoms with van der Waals surface area (Å²) in [5.74, 6) is 0.0820. The van der Waals surface area contributed by atoms with Crippen molar-refractivity contribution in [2.24, 2.45) is 5.73 Å². The van der Waals surface area contributed by atoms with E-state index in [-0.39, 0.29) is 10.8 Å². The van der Waals surface area contributed by atoms with Gasteiger partial charge in [-0.05, 0) is 50.6 Å². The SMILES string of the molecule is Cc1cc(C)nc(NS(=O)(=O)c2ccc(CCN)cc2)n1. The third kappa shape index (κ3) is 3.99. The Bertz CT molecular complexity index is 707. The number of sulfonamides is 1. The lowest BCUT2D eigenvalue weighted by atomic mass is 10.2. The average molecular weight is 306 g/mol. The van der Waals surface area contributed by atoms with E-state index >= 15 is 0 Å². The van der Waals surface area contributed by atoms with Crippen LogP contribution in [-0.2, 0) is 16.4 Å². The van der Waals surface area contributed by atoms with E-state index in [0.29, 0.717) is 24.4 Å². The molecule has 0 radical (unpaired) electrons. The van der Waals surface area contributed by atoms with Gasteiger partial charge in [0, 0.05) is 11.4 Å².